The van der Waals surface area contributed by atoms with Crippen molar-refractivity contribution in [2.24, 2.45) is 0 Å². The summed E-state index contributed by atoms with van der Waals surface area (Å²) in [7, 11) is -3.89. The lowest BCUT2D eigenvalue weighted by Crippen LogP contribution is -2.42. The molecule has 4 rings (SSSR count). The van der Waals surface area contributed by atoms with E-state index in [9.17, 15) is 17.6 Å². The van der Waals surface area contributed by atoms with Crippen LogP contribution in [0.25, 0.3) is 0 Å². The number of nitrogens with zero attached hydrogens (tertiary/aromatic N) is 2. The van der Waals surface area contributed by atoms with Crippen LogP contribution in [0.4, 0.5) is 10.1 Å². The molecule has 0 saturated heterocycles. The molecule has 9 heteroatoms. The van der Waals surface area contributed by atoms with Gasteiger partial charge in [-0.15, -0.1) is 0 Å². The van der Waals surface area contributed by atoms with Crippen molar-refractivity contribution in [1.82, 2.24) is 4.98 Å². The summed E-state index contributed by atoms with van der Waals surface area (Å²) >= 11 is 6.00. The number of aromatic nitrogens is 1. The van der Waals surface area contributed by atoms with E-state index in [-0.39, 0.29) is 40.0 Å². The van der Waals surface area contributed by atoms with Crippen LogP contribution in [0.5, 0.6) is 5.88 Å². The van der Waals surface area contributed by atoms with Crippen LogP contribution >= 0.6 is 11.6 Å². The molecule has 0 fully saturated rings. The molecule has 166 valence electrons. The molecule has 1 aliphatic rings. The molecule has 0 spiro atoms. The number of carbonyl (C=O) groups excluding carboxylic acids is 1. The topological polar surface area (TPSA) is 76.6 Å². The Morgan fingerprint density at radius 3 is 2.72 bits per heavy atom. The molecule has 2 aromatic carbocycles. The first kappa shape index (κ1) is 22.2. The van der Waals surface area contributed by atoms with Crippen LogP contribution in [0.3, 0.4) is 0 Å². The monoisotopic (exact) mass is 474 g/mol. The number of Topliss-reactive ketones (excluding diaryl/α,β-unsaturated/α-hetero) is 1. The molecule has 0 radical (unpaired) electrons. The number of halogens is 2. The number of anilines is 1. The number of hydrogen-bond donors (Lipinski definition) is 0. The van der Waals surface area contributed by atoms with E-state index in [0.717, 1.165) is 11.6 Å². The van der Waals surface area contributed by atoms with E-state index in [0.29, 0.717) is 5.56 Å². The van der Waals surface area contributed by atoms with Crippen molar-refractivity contribution in [3.63, 3.8) is 0 Å². The molecule has 1 aromatic heterocycles. The summed E-state index contributed by atoms with van der Waals surface area (Å²) in [5.74, 6) is -1.10. The number of carbonyl (C=O) groups is 1. The molecule has 3 aromatic rings. The van der Waals surface area contributed by atoms with Gasteiger partial charge >= 0.3 is 0 Å². The zero-order chi connectivity index (χ0) is 23.0. The Morgan fingerprint density at radius 2 is 2.00 bits per heavy atom. The fraction of sp³-hybridized carbons (Fsp3) is 0.217. The Labute approximate surface area is 190 Å². The van der Waals surface area contributed by atoms with Gasteiger partial charge in [-0.3, -0.25) is 9.10 Å². The van der Waals surface area contributed by atoms with Gasteiger partial charge in [-0.1, -0.05) is 29.8 Å². The number of ketones is 1. The van der Waals surface area contributed by atoms with Crippen molar-refractivity contribution in [2.45, 2.75) is 31.3 Å². The van der Waals surface area contributed by atoms with Gasteiger partial charge in [-0.05, 0) is 55.3 Å². The molecular formula is C23H20ClFN2O4S. The average molecular weight is 475 g/mol. The summed E-state index contributed by atoms with van der Waals surface area (Å²) < 4.78 is 47.9. The molecule has 2 heterocycles. The predicted octanol–water partition coefficient (Wildman–Crippen LogP) is 4.58. The smallest absolute Gasteiger partial charge is 0.264 e. The maximum Gasteiger partial charge on any atom is 0.264 e. The van der Waals surface area contributed by atoms with Gasteiger partial charge in [0.2, 0.25) is 5.88 Å². The zero-order valence-corrected chi connectivity index (χ0v) is 19.0. The van der Waals surface area contributed by atoms with Crippen molar-refractivity contribution in [3.8, 4) is 5.88 Å². The first-order valence-electron chi connectivity index (χ1n) is 9.89. The zero-order valence-electron chi connectivity index (χ0n) is 17.4. The number of aryl methyl sites for hydroxylation is 1. The van der Waals surface area contributed by atoms with E-state index in [4.69, 9.17) is 16.3 Å². The van der Waals surface area contributed by atoms with Gasteiger partial charge in [0.15, 0.2) is 5.78 Å². The van der Waals surface area contributed by atoms with E-state index >= 15 is 0 Å². The van der Waals surface area contributed by atoms with Gasteiger partial charge in [0.1, 0.15) is 17.6 Å². The van der Waals surface area contributed by atoms with Crippen molar-refractivity contribution >= 4 is 33.1 Å². The lowest BCUT2D eigenvalue weighted by atomic mass is 10.0. The fourth-order valence-electron chi connectivity index (χ4n) is 3.58. The predicted molar refractivity (Wildman–Crippen MR) is 119 cm³/mol. The van der Waals surface area contributed by atoms with Gasteiger partial charge in [0.25, 0.3) is 10.0 Å². The van der Waals surface area contributed by atoms with Crippen LogP contribution in [0, 0.1) is 12.7 Å². The van der Waals surface area contributed by atoms with Gasteiger partial charge in [0.05, 0.1) is 22.0 Å². The summed E-state index contributed by atoms with van der Waals surface area (Å²) in [5, 5.41) is 0.0155. The molecule has 0 aliphatic carbocycles. The first-order chi connectivity index (χ1) is 15.2. The van der Waals surface area contributed by atoms with Gasteiger partial charge < -0.3 is 4.74 Å². The molecular weight excluding hydrogens is 455 g/mol. The van der Waals surface area contributed by atoms with Crippen molar-refractivity contribution in [1.29, 1.82) is 0 Å². The third-order valence-electron chi connectivity index (χ3n) is 5.08. The Kier molecular flexibility index (Phi) is 5.92. The summed E-state index contributed by atoms with van der Waals surface area (Å²) in [6.07, 6.45) is 0.801. The van der Waals surface area contributed by atoms with Crippen LogP contribution in [0.2, 0.25) is 5.02 Å². The number of sulfonamides is 1. The highest BCUT2D eigenvalue weighted by Gasteiger charge is 2.34. The SMILES string of the molecule is Cc1cccc(S(=O)(=O)N2C[C@H](C)Oc3ncc(CC(=O)c4c(F)cccc4Cl)cc32)c1. The molecule has 1 atom stereocenters. The molecule has 0 N–H and O–H groups in total. The second-order valence-corrected chi connectivity index (χ2v) is 9.92. The molecule has 6 nitrogen and oxygen atoms in total. The summed E-state index contributed by atoms with van der Waals surface area (Å²) in [6.45, 7) is 3.65. The Bertz CT molecular complexity index is 1290. The lowest BCUT2D eigenvalue weighted by molar-refractivity contribution is 0.0989. The summed E-state index contributed by atoms with van der Waals surface area (Å²) in [4.78, 5) is 17.1. The van der Waals surface area contributed by atoms with E-state index in [1.165, 1.54) is 34.8 Å². The van der Waals surface area contributed by atoms with E-state index in [1.54, 1.807) is 19.1 Å². The second-order valence-electron chi connectivity index (χ2n) is 7.65. The van der Waals surface area contributed by atoms with Crippen LogP contribution in [0.1, 0.15) is 28.4 Å². The maximum atomic E-state index is 14.1. The van der Waals surface area contributed by atoms with Gasteiger partial charge in [-0.25, -0.2) is 17.8 Å². The standard InChI is InChI=1S/C23H20ClFN2O4S/c1-14-5-3-6-17(9-14)32(29,30)27-13-15(2)31-23-20(27)10-16(12-26-23)11-21(28)22-18(24)7-4-8-19(22)25/h3-10,12,15H,11,13H2,1-2H3/t15-/m0/s1. The van der Waals surface area contributed by atoms with Crippen molar-refractivity contribution in [3.05, 3.63) is 82.3 Å². The normalized spacial score (nSPS) is 15.8. The third kappa shape index (κ3) is 4.20. The maximum absolute atomic E-state index is 14.1. The lowest BCUT2D eigenvalue weighted by Gasteiger charge is -2.33. The highest BCUT2D eigenvalue weighted by molar-refractivity contribution is 7.92. The van der Waals surface area contributed by atoms with Crippen LogP contribution in [-0.4, -0.2) is 31.8 Å². The van der Waals surface area contributed by atoms with Crippen LogP contribution in [0.15, 0.2) is 59.6 Å². The number of rotatable bonds is 5. The van der Waals surface area contributed by atoms with Gasteiger partial charge in [-0.2, -0.15) is 0 Å². The minimum absolute atomic E-state index is 0.0155. The number of ether oxygens (including phenoxy) is 1. The number of benzene rings is 2. The van der Waals surface area contributed by atoms with Crippen molar-refractivity contribution in [2.75, 3.05) is 10.8 Å². The summed E-state index contributed by atoms with van der Waals surface area (Å²) in [6, 6.07) is 12.2. The van der Waals surface area contributed by atoms with E-state index in [1.807, 2.05) is 13.0 Å². The quantitative estimate of drug-likeness (QED) is 0.506. The third-order valence-corrected chi connectivity index (χ3v) is 7.17. The Morgan fingerprint density at radius 1 is 1.25 bits per heavy atom. The van der Waals surface area contributed by atoms with Crippen LogP contribution in [-0.2, 0) is 16.4 Å². The highest BCUT2D eigenvalue weighted by atomic mass is 35.5. The summed E-state index contributed by atoms with van der Waals surface area (Å²) in [5.41, 5.74) is 1.25. The van der Waals surface area contributed by atoms with Gasteiger partial charge in [0, 0.05) is 12.6 Å². The molecule has 32 heavy (non-hydrogen) atoms. The molecule has 0 bridgehead atoms. The van der Waals surface area contributed by atoms with E-state index < -0.39 is 27.7 Å². The Balaban J connectivity index is 1.72. The van der Waals surface area contributed by atoms with Crippen molar-refractivity contribution < 1.29 is 22.3 Å². The van der Waals surface area contributed by atoms with Crippen LogP contribution < -0.4 is 9.04 Å². The number of hydrogen-bond acceptors (Lipinski definition) is 5. The molecule has 0 amide bonds. The molecule has 0 unspecified atom stereocenters. The minimum atomic E-state index is -3.89. The highest BCUT2D eigenvalue weighted by Crippen LogP contribution is 2.36. The first-order valence-corrected chi connectivity index (χ1v) is 11.7. The number of pyridine rings is 1. The minimum Gasteiger partial charge on any atom is -0.471 e. The Hall–Kier alpha value is -2.97. The van der Waals surface area contributed by atoms with E-state index in [2.05, 4.69) is 4.98 Å². The largest absolute Gasteiger partial charge is 0.471 e. The fourth-order valence-corrected chi connectivity index (χ4v) is 5.48. The number of fused-ring (bicyclic) bond motifs is 1. The second kappa shape index (κ2) is 8.52. The molecule has 1 aliphatic heterocycles. The molecule has 0 saturated carbocycles. The average Bonchev–Trinajstić information content (AvgIpc) is 2.73.